The van der Waals surface area contributed by atoms with E-state index in [0.29, 0.717) is 16.9 Å². The predicted octanol–water partition coefficient (Wildman–Crippen LogP) is 2.37. The van der Waals surface area contributed by atoms with Gasteiger partial charge in [0, 0.05) is 10.7 Å². The Bertz CT molecular complexity index is 768. The lowest BCUT2D eigenvalue weighted by Crippen LogP contribution is -2.38. The van der Waals surface area contributed by atoms with Crippen LogP contribution in [0.4, 0.5) is 4.39 Å². The van der Waals surface area contributed by atoms with E-state index in [-0.39, 0.29) is 19.0 Å². The van der Waals surface area contributed by atoms with Gasteiger partial charge in [0.2, 0.25) is 5.91 Å². The van der Waals surface area contributed by atoms with Crippen LogP contribution in [0.1, 0.15) is 23.5 Å². The maximum absolute atomic E-state index is 13.1. The molecule has 1 atom stereocenters. The normalized spacial score (nSPS) is 16.6. The molecule has 3 N–H and O–H groups in total. The Hall–Kier alpha value is -2.40. The first-order valence-corrected chi connectivity index (χ1v) is 6.63. The van der Waals surface area contributed by atoms with Gasteiger partial charge in [0.15, 0.2) is 0 Å². The highest BCUT2D eigenvalue weighted by Crippen LogP contribution is 2.14. The minimum Gasteiger partial charge on any atom is -0.489 e. The molecule has 0 radical (unpaired) electrons. The van der Waals surface area contributed by atoms with Crippen LogP contribution in [-0.2, 0) is 17.9 Å². The molecule has 2 aromatic rings. The lowest BCUT2D eigenvalue weighted by molar-refractivity contribution is -0.119. The van der Waals surface area contributed by atoms with E-state index in [1.807, 2.05) is 0 Å². The van der Waals surface area contributed by atoms with E-state index in [0.717, 1.165) is 0 Å². The number of primary amides is 1. The number of nitrogens with two attached hydrogens (primary N) is 1. The summed E-state index contributed by atoms with van der Waals surface area (Å²) in [6.07, 6.45) is 0. The number of carbonyl (C=O) groups is 1. The van der Waals surface area contributed by atoms with Gasteiger partial charge in [0.25, 0.3) is 0 Å². The monoisotopic (exact) mass is 306 g/mol. The summed E-state index contributed by atoms with van der Waals surface area (Å²) < 4.78 is 48.4. The van der Waals surface area contributed by atoms with Gasteiger partial charge in [0.1, 0.15) is 18.2 Å². The number of carbonyl (C=O) groups excluding carboxylic acids is 1. The molecule has 0 unspecified atom stereocenters. The second-order valence-electron chi connectivity index (χ2n) is 4.66. The number of benzene rings is 2. The van der Waals surface area contributed by atoms with Crippen LogP contribution in [0.5, 0.6) is 5.75 Å². The SMILES string of the molecule is [2H]C([2H])([2H])[C@]([2H])(NCc1ccc(OCc2cccc(F)c2)cc1)C(N)=O. The van der Waals surface area contributed by atoms with Gasteiger partial charge >= 0.3 is 0 Å². The molecule has 0 fully saturated rings. The Kier molecular flexibility index (Phi) is 3.85. The van der Waals surface area contributed by atoms with Crippen molar-refractivity contribution in [1.29, 1.82) is 0 Å². The highest BCUT2D eigenvalue weighted by Gasteiger charge is 2.07. The number of hydrogen-bond acceptors (Lipinski definition) is 3. The molecule has 116 valence electrons. The third kappa shape index (κ3) is 4.86. The molecule has 0 spiro atoms. The van der Waals surface area contributed by atoms with Crippen LogP contribution in [0.25, 0.3) is 0 Å². The Morgan fingerprint density at radius 3 is 2.77 bits per heavy atom. The molecule has 0 aliphatic rings. The van der Waals surface area contributed by atoms with Gasteiger partial charge in [-0.15, -0.1) is 0 Å². The van der Waals surface area contributed by atoms with E-state index in [4.69, 9.17) is 16.0 Å². The summed E-state index contributed by atoms with van der Waals surface area (Å²) in [5.41, 5.74) is 6.39. The summed E-state index contributed by atoms with van der Waals surface area (Å²) in [7, 11) is 0. The van der Waals surface area contributed by atoms with Crippen molar-refractivity contribution in [1.82, 2.24) is 5.32 Å². The molecule has 4 nitrogen and oxygen atoms in total. The van der Waals surface area contributed by atoms with Crippen molar-refractivity contribution in [3.05, 3.63) is 65.5 Å². The molecule has 2 aromatic carbocycles. The van der Waals surface area contributed by atoms with Crippen molar-refractivity contribution < 1.29 is 19.4 Å². The van der Waals surface area contributed by atoms with E-state index < -0.39 is 18.8 Å². The van der Waals surface area contributed by atoms with Crippen molar-refractivity contribution >= 4 is 5.91 Å². The summed E-state index contributed by atoms with van der Waals surface area (Å²) in [5, 5.41) is 2.38. The quantitative estimate of drug-likeness (QED) is 0.825. The number of rotatable bonds is 7. The first-order chi connectivity index (χ1) is 12.1. The maximum atomic E-state index is 13.1. The van der Waals surface area contributed by atoms with Crippen LogP contribution in [0.2, 0.25) is 0 Å². The van der Waals surface area contributed by atoms with Crippen LogP contribution >= 0.6 is 0 Å². The molecule has 0 saturated heterocycles. The number of halogens is 1. The lowest BCUT2D eigenvalue weighted by Gasteiger charge is -2.11. The fourth-order valence-corrected chi connectivity index (χ4v) is 1.77. The average Bonchev–Trinajstić information content (AvgIpc) is 2.57. The Morgan fingerprint density at radius 2 is 2.14 bits per heavy atom. The minimum absolute atomic E-state index is 0.0327. The van der Waals surface area contributed by atoms with Crippen LogP contribution in [0.3, 0.4) is 0 Å². The third-order valence-electron chi connectivity index (χ3n) is 2.93. The van der Waals surface area contributed by atoms with E-state index in [1.54, 1.807) is 36.4 Å². The van der Waals surface area contributed by atoms with E-state index >= 15 is 0 Å². The highest BCUT2D eigenvalue weighted by atomic mass is 19.1. The summed E-state index contributed by atoms with van der Waals surface area (Å²) >= 11 is 0. The molecule has 0 saturated carbocycles. The molecule has 5 heteroatoms. The first-order valence-electron chi connectivity index (χ1n) is 8.63. The number of hydrogen-bond donors (Lipinski definition) is 2. The molecule has 0 heterocycles. The third-order valence-corrected chi connectivity index (χ3v) is 2.93. The second-order valence-corrected chi connectivity index (χ2v) is 4.66. The van der Waals surface area contributed by atoms with Crippen LogP contribution < -0.4 is 15.8 Å². The van der Waals surface area contributed by atoms with Crippen LogP contribution in [0, 0.1) is 5.82 Å². The van der Waals surface area contributed by atoms with Gasteiger partial charge in [-0.25, -0.2) is 4.39 Å². The standard InChI is InChI=1S/C17H19FN2O2/c1-12(17(19)21)20-10-13-5-7-16(8-6-13)22-11-14-3-2-4-15(18)9-14/h2-9,12,20H,10-11H2,1H3,(H2,19,21)/t12-/m0/s1/i1D3,12D. The van der Waals surface area contributed by atoms with Gasteiger partial charge in [-0.3, -0.25) is 4.79 Å². The zero-order chi connectivity index (χ0) is 19.4. The number of ether oxygens (including phenoxy) is 1. The van der Waals surface area contributed by atoms with E-state index in [9.17, 15) is 9.18 Å². The highest BCUT2D eigenvalue weighted by molar-refractivity contribution is 5.79. The first kappa shape index (κ1) is 11.2. The number of nitrogens with one attached hydrogen (secondary N) is 1. The predicted molar refractivity (Wildman–Crippen MR) is 82.7 cm³/mol. The number of amides is 1. The van der Waals surface area contributed by atoms with Gasteiger partial charge < -0.3 is 15.8 Å². The Balaban J connectivity index is 1.96. The average molecular weight is 306 g/mol. The van der Waals surface area contributed by atoms with Crippen LogP contribution in [-0.4, -0.2) is 11.9 Å². The fraction of sp³-hybridized carbons (Fsp3) is 0.235. The van der Waals surface area contributed by atoms with Crippen molar-refractivity contribution in [3.63, 3.8) is 0 Å². The van der Waals surface area contributed by atoms with Gasteiger partial charge in [-0.1, -0.05) is 24.3 Å². The molecule has 1 amide bonds. The van der Waals surface area contributed by atoms with Gasteiger partial charge in [-0.05, 0) is 42.2 Å². The summed E-state index contributed by atoms with van der Waals surface area (Å²) in [6, 6.07) is 10.1. The van der Waals surface area contributed by atoms with E-state index in [1.165, 1.54) is 12.1 Å². The largest absolute Gasteiger partial charge is 0.489 e. The molecule has 0 bridgehead atoms. The Morgan fingerprint density at radius 1 is 1.36 bits per heavy atom. The van der Waals surface area contributed by atoms with Crippen molar-refractivity contribution in [2.45, 2.75) is 26.0 Å². The summed E-state index contributed by atoms with van der Waals surface area (Å²) in [5.74, 6) is -1.07. The second kappa shape index (κ2) is 7.56. The van der Waals surface area contributed by atoms with Gasteiger partial charge in [-0.2, -0.15) is 0 Å². The Labute approximate surface area is 134 Å². The molecule has 0 aliphatic carbocycles. The maximum Gasteiger partial charge on any atom is 0.234 e. The van der Waals surface area contributed by atoms with Crippen molar-refractivity contribution in [3.8, 4) is 5.75 Å². The molecule has 2 rings (SSSR count). The summed E-state index contributed by atoms with van der Waals surface area (Å²) in [6.45, 7) is -2.73. The molecular formula is C17H19FN2O2. The van der Waals surface area contributed by atoms with Crippen molar-refractivity contribution in [2.75, 3.05) is 0 Å². The smallest absolute Gasteiger partial charge is 0.234 e. The lowest BCUT2D eigenvalue weighted by atomic mass is 10.2. The van der Waals surface area contributed by atoms with E-state index in [2.05, 4.69) is 5.32 Å². The molecule has 22 heavy (non-hydrogen) atoms. The topological polar surface area (TPSA) is 64.3 Å². The fourth-order valence-electron chi connectivity index (χ4n) is 1.77. The van der Waals surface area contributed by atoms with Crippen LogP contribution in [0.15, 0.2) is 48.5 Å². The summed E-state index contributed by atoms with van der Waals surface area (Å²) in [4.78, 5) is 11.4. The molecule has 0 aromatic heterocycles. The van der Waals surface area contributed by atoms with Gasteiger partial charge in [0.05, 0.1) is 7.39 Å². The van der Waals surface area contributed by atoms with Crippen molar-refractivity contribution in [2.24, 2.45) is 5.73 Å². The zero-order valence-electron chi connectivity index (χ0n) is 15.8. The minimum atomic E-state index is -2.90. The molecule has 0 aliphatic heterocycles. The molecular weight excluding hydrogens is 283 g/mol. The zero-order valence-corrected chi connectivity index (χ0v) is 11.8.